The minimum Gasteiger partial charge on any atom is -0.497 e. The van der Waals surface area contributed by atoms with Gasteiger partial charge in [0.15, 0.2) is 6.04 Å². The fourth-order valence-corrected chi connectivity index (χ4v) is 4.52. The van der Waals surface area contributed by atoms with E-state index in [2.05, 4.69) is 48.2 Å². The van der Waals surface area contributed by atoms with E-state index in [1.807, 2.05) is 28.9 Å². The Hall–Kier alpha value is -2.74. The maximum Gasteiger partial charge on any atom is 0.258 e. The van der Waals surface area contributed by atoms with E-state index >= 15 is 0 Å². The van der Waals surface area contributed by atoms with E-state index in [0.717, 1.165) is 42.0 Å². The maximum absolute atomic E-state index is 13.3. The number of H-pyrrole nitrogens is 1. The molecule has 3 heterocycles. The van der Waals surface area contributed by atoms with Crippen LogP contribution in [0.3, 0.4) is 0 Å². The summed E-state index contributed by atoms with van der Waals surface area (Å²) >= 11 is 0. The molecule has 30 heavy (non-hydrogen) atoms. The average molecular weight is 412 g/mol. The van der Waals surface area contributed by atoms with Crippen molar-refractivity contribution in [1.82, 2.24) is 25.2 Å². The number of quaternary nitrogens is 1. The van der Waals surface area contributed by atoms with Gasteiger partial charge in [0.25, 0.3) is 5.56 Å². The van der Waals surface area contributed by atoms with Gasteiger partial charge in [-0.15, -0.1) is 5.10 Å². The van der Waals surface area contributed by atoms with Gasteiger partial charge in [-0.3, -0.25) is 4.79 Å². The number of tetrazole rings is 1. The summed E-state index contributed by atoms with van der Waals surface area (Å²) in [6.07, 6.45) is 2.35. The third-order valence-electron chi connectivity index (χ3n) is 5.99. The van der Waals surface area contributed by atoms with Crippen molar-refractivity contribution < 1.29 is 9.64 Å². The van der Waals surface area contributed by atoms with Crippen LogP contribution in [0.1, 0.15) is 58.0 Å². The highest BCUT2D eigenvalue weighted by Gasteiger charge is 2.38. The monoisotopic (exact) mass is 411 g/mol. The normalized spacial score (nSPS) is 21.0. The summed E-state index contributed by atoms with van der Waals surface area (Å²) in [5.41, 5.74) is 1.08. The van der Waals surface area contributed by atoms with Gasteiger partial charge in [-0.1, -0.05) is 6.92 Å². The summed E-state index contributed by atoms with van der Waals surface area (Å²) in [5, 5.41) is 13.6. The lowest BCUT2D eigenvalue weighted by atomic mass is 9.95. The maximum atomic E-state index is 13.3. The lowest BCUT2D eigenvalue weighted by Crippen LogP contribution is -3.14. The molecule has 0 spiro atoms. The van der Waals surface area contributed by atoms with Crippen LogP contribution in [-0.2, 0) is 5.54 Å². The van der Waals surface area contributed by atoms with Crippen LogP contribution in [0.4, 0.5) is 0 Å². The van der Waals surface area contributed by atoms with E-state index in [9.17, 15) is 4.79 Å². The first-order chi connectivity index (χ1) is 14.3. The summed E-state index contributed by atoms with van der Waals surface area (Å²) in [6.45, 7) is 10.5. The van der Waals surface area contributed by atoms with Crippen LogP contribution < -0.4 is 15.2 Å². The van der Waals surface area contributed by atoms with Gasteiger partial charge >= 0.3 is 0 Å². The SMILES string of the molecule is COc1ccc2cc([C@@H](c3nnnn3C(C)(C)C)[NH+]3CCC[C@H](C)C3)c(=O)[nH]c2c1. The van der Waals surface area contributed by atoms with Gasteiger partial charge in [0, 0.05) is 12.0 Å². The zero-order valence-electron chi connectivity index (χ0n) is 18.4. The van der Waals surface area contributed by atoms with Gasteiger partial charge in [-0.05, 0) is 67.6 Å². The lowest BCUT2D eigenvalue weighted by Gasteiger charge is -2.34. The number of rotatable bonds is 4. The van der Waals surface area contributed by atoms with Crippen LogP contribution in [0.25, 0.3) is 10.9 Å². The minimum atomic E-state index is -0.283. The molecule has 0 amide bonds. The van der Waals surface area contributed by atoms with E-state index in [0.29, 0.717) is 11.5 Å². The number of pyridine rings is 1. The lowest BCUT2D eigenvalue weighted by molar-refractivity contribution is -0.934. The molecule has 4 rings (SSSR count). The van der Waals surface area contributed by atoms with E-state index in [1.54, 1.807) is 7.11 Å². The van der Waals surface area contributed by atoms with Crippen molar-refractivity contribution in [3.63, 3.8) is 0 Å². The van der Waals surface area contributed by atoms with Crippen molar-refractivity contribution in [2.45, 2.75) is 52.1 Å². The largest absolute Gasteiger partial charge is 0.497 e. The minimum absolute atomic E-state index is 0.102. The van der Waals surface area contributed by atoms with Crippen LogP contribution in [0, 0.1) is 5.92 Å². The molecule has 1 unspecified atom stereocenters. The average Bonchev–Trinajstić information content (AvgIpc) is 3.18. The van der Waals surface area contributed by atoms with Crippen LogP contribution in [0.15, 0.2) is 29.1 Å². The Morgan fingerprint density at radius 2 is 2.10 bits per heavy atom. The van der Waals surface area contributed by atoms with Crippen molar-refractivity contribution in [3.8, 4) is 5.75 Å². The molecule has 8 nitrogen and oxygen atoms in total. The Morgan fingerprint density at radius 1 is 1.30 bits per heavy atom. The molecule has 1 fully saturated rings. The highest BCUT2D eigenvalue weighted by molar-refractivity contribution is 5.80. The zero-order chi connectivity index (χ0) is 21.5. The smallest absolute Gasteiger partial charge is 0.258 e. The first-order valence-electron chi connectivity index (χ1n) is 10.6. The summed E-state index contributed by atoms with van der Waals surface area (Å²) < 4.78 is 7.17. The third-order valence-corrected chi connectivity index (χ3v) is 5.99. The van der Waals surface area contributed by atoms with Gasteiger partial charge in [0.1, 0.15) is 5.75 Å². The predicted molar refractivity (Wildman–Crippen MR) is 115 cm³/mol. The summed E-state index contributed by atoms with van der Waals surface area (Å²) in [6, 6.07) is 7.51. The van der Waals surface area contributed by atoms with Gasteiger partial charge in [-0.2, -0.15) is 0 Å². The van der Waals surface area contributed by atoms with Gasteiger partial charge in [-0.25, -0.2) is 4.68 Å². The van der Waals surface area contributed by atoms with Crippen LogP contribution in [0.2, 0.25) is 0 Å². The highest BCUT2D eigenvalue weighted by Crippen LogP contribution is 2.25. The molecule has 0 saturated carbocycles. The molecule has 8 heteroatoms. The zero-order valence-corrected chi connectivity index (χ0v) is 18.4. The number of fused-ring (bicyclic) bond motifs is 1. The van der Waals surface area contributed by atoms with Crippen LogP contribution in [0.5, 0.6) is 5.75 Å². The van der Waals surface area contributed by atoms with Gasteiger partial charge in [0.2, 0.25) is 5.82 Å². The summed E-state index contributed by atoms with van der Waals surface area (Å²) in [4.78, 5) is 17.7. The fourth-order valence-electron chi connectivity index (χ4n) is 4.52. The van der Waals surface area contributed by atoms with E-state index in [1.165, 1.54) is 11.3 Å². The first kappa shape index (κ1) is 20.5. The van der Waals surface area contributed by atoms with Crippen LogP contribution in [-0.4, -0.2) is 45.4 Å². The fraction of sp³-hybridized carbons (Fsp3) is 0.545. The van der Waals surface area contributed by atoms with Gasteiger partial charge < -0.3 is 14.6 Å². The molecule has 3 atom stereocenters. The number of aromatic amines is 1. The third kappa shape index (κ3) is 3.84. The van der Waals surface area contributed by atoms with Crippen molar-refractivity contribution >= 4 is 10.9 Å². The Balaban J connectivity index is 1.89. The number of hydrogen-bond acceptors (Lipinski definition) is 5. The molecule has 1 aromatic carbocycles. The summed E-state index contributed by atoms with van der Waals surface area (Å²) in [5.74, 6) is 2.05. The molecule has 0 bridgehead atoms. The van der Waals surface area contributed by atoms with Crippen molar-refractivity contribution in [2.75, 3.05) is 20.2 Å². The second-order valence-corrected chi connectivity index (χ2v) is 9.42. The number of aromatic nitrogens is 5. The Labute approximate surface area is 176 Å². The Morgan fingerprint density at radius 3 is 2.80 bits per heavy atom. The molecule has 3 aromatic rings. The highest BCUT2D eigenvalue weighted by atomic mass is 16.5. The molecule has 1 aliphatic rings. The molecule has 2 N–H and O–H groups in total. The molecule has 0 aliphatic carbocycles. The standard InChI is InChI=1S/C22H30N6O2/c1-14-7-6-10-27(13-14)19(20-24-25-26-28(20)22(2,3)4)17-11-15-8-9-16(30-5)12-18(15)23-21(17)29/h8-9,11-12,14,19H,6-7,10,13H2,1-5H3,(H,23,29)/p+1/t14-,19-/m0/s1. The number of likely N-dealkylation sites (tertiary alicyclic amines) is 1. The van der Waals surface area contributed by atoms with E-state index in [-0.39, 0.29) is 17.1 Å². The Kier molecular flexibility index (Phi) is 5.36. The predicted octanol–water partition coefficient (Wildman–Crippen LogP) is 1.68. The van der Waals surface area contributed by atoms with Crippen LogP contribution >= 0.6 is 0 Å². The number of nitrogens with one attached hydrogen (secondary N) is 2. The van der Waals surface area contributed by atoms with E-state index < -0.39 is 0 Å². The number of benzene rings is 1. The number of ether oxygens (including phenoxy) is 1. The summed E-state index contributed by atoms with van der Waals surface area (Å²) in [7, 11) is 1.62. The van der Waals surface area contributed by atoms with Crippen molar-refractivity contribution in [1.29, 1.82) is 0 Å². The van der Waals surface area contributed by atoms with E-state index in [4.69, 9.17) is 4.74 Å². The van der Waals surface area contributed by atoms with Crippen molar-refractivity contribution in [3.05, 3.63) is 46.0 Å². The molecule has 160 valence electrons. The van der Waals surface area contributed by atoms with Gasteiger partial charge in [0.05, 0.1) is 36.8 Å². The van der Waals surface area contributed by atoms with Crippen molar-refractivity contribution in [2.24, 2.45) is 5.92 Å². The number of nitrogens with zero attached hydrogens (tertiary/aromatic N) is 4. The molecule has 2 aromatic heterocycles. The number of piperidine rings is 1. The molecule has 0 radical (unpaired) electrons. The molecule has 1 aliphatic heterocycles. The topological polar surface area (TPSA) is 90.1 Å². The quantitative estimate of drug-likeness (QED) is 0.682. The Bertz CT molecular complexity index is 1100. The molecule has 1 saturated heterocycles. The number of hydrogen-bond donors (Lipinski definition) is 2. The first-order valence-corrected chi connectivity index (χ1v) is 10.6. The number of methoxy groups -OCH3 is 1. The molecular weight excluding hydrogens is 380 g/mol. The second kappa shape index (κ2) is 7.83. The second-order valence-electron chi connectivity index (χ2n) is 9.42. The molecular formula is C22H31N6O2+.